The first-order chi connectivity index (χ1) is 13.5. The second kappa shape index (κ2) is 8.52. The van der Waals surface area contributed by atoms with Crippen molar-refractivity contribution in [3.05, 3.63) is 52.8 Å². The van der Waals surface area contributed by atoms with E-state index in [2.05, 4.69) is 11.4 Å². The van der Waals surface area contributed by atoms with E-state index in [0.29, 0.717) is 5.56 Å². The van der Waals surface area contributed by atoms with Crippen LogP contribution < -0.4 is 5.32 Å². The average Bonchev–Trinajstić information content (AvgIpc) is 2.96. The molecule has 0 spiro atoms. The second-order valence-electron chi connectivity index (χ2n) is 7.96. The van der Waals surface area contributed by atoms with Gasteiger partial charge in [0.05, 0.1) is 11.6 Å². The number of hydrogen-bond acceptors (Lipinski definition) is 4. The summed E-state index contributed by atoms with van der Waals surface area (Å²) in [6.07, 6.45) is -1.02. The number of nitrogens with one attached hydrogen (secondary N) is 1. The van der Waals surface area contributed by atoms with E-state index in [1.54, 1.807) is 13.0 Å². The molecule has 0 radical (unpaired) electrons. The highest BCUT2D eigenvalue weighted by Crippen LogP contribution is 2.22. The van der Waals surface area contributed by atoms with Gasteiger partial charge < -0.3 is 14.6 Å². The Morgan fingerprint density at radius 2 is 1.72 bits per heavy atom. The van der Waals surface area contributed by atoms with Crippen molar-refractivity contribution in [3.8, 4) is 11.8 Å². The number of amides is 1. The third-order valence-electron chi connectivity index (χ3n) is 5.37. The first kappa shape index (κ1) is 22.2. The maximum atomic E-state index is 12.7. The number of ether oxygens (including phenoxy) is 1. The van der Waals surface area contributed by atoms with Gasteiger partial charge in [-0.2, -0.15) is 5.26 Å². The first-order valence-electron chi connectivity index (χ1n) is 9.70. The van der Waals surface area contributed by atoms with E-state index >= 15 is 0 Å². The number of nitrogens with zero attached hydrogens (tertiary/aromatic N) is 2. The Bertz CT molecular complexity index is 951. The zero-order chi connectivity index (χ0) is 21.9. The summed E-state index contributed by atoms with van der Waals surface area (Å²) in [6, 6.07) is 11.9. The molecule has 154 valence electrons. The lowest BCUT2D eigenvalue weighted by Crippen LogP contribution is -2.52. The van der Waals surface area contributed by atoms with Crippen LogP contribution in [-0.4, -0.2) is 28.1 Å². The summed E-state index contributed by atoms with van der Waals surface area (Å²) < 4.78 is 7.38. The van der Waals surface area contributed by atoms with Crippen molar-refractivity contribution in [2.45, 2.75) is 60.1 Å². The molecule has 2 rings (SSSR count). The zero-order valence-corrected chi connectivity index (χ0v) is 18.2. The van der Waals surface area contributed by atoms with Crippen LogP contribution in [0.25, 0.3) is 5.69 Å². The standard InChI is InChI=1S/C23H29N3O3/c1-14(2)23(7,13-24)25-21(27)18(6)29-22(28)20-12-16(4)26(17(20)5)19-10-8-15(3)9-11-19/h8-12,14,18H,1-7H3,(H,25,27). The van der Waals surface area contributed by atoms with Gasteiger partial charge in [-0.3, -0.25) is 4.79 Å². The number of hydrogen-bond donors (Lipinski definition) is 1. The molecule has 6 nitrogen and oxygen atoms in total. The summed E-state index contributed by atoms with van der Waals surface area (Å²) in [4.78, 5) is 25.2. The van der Waals surface area contributed by atoms with Gasteiger partial charge >= 0.3 is 5.97 Å². The fourth-order valence-electron chi connectivity index (χ4n) is 3.00. The lowest BCUT2D eigenvalue weighted by Gasteiger charge is -2.28. The Hall–Kier alpha value is -3.07. The molecular formula is C23H29N3O3. The molecule has 0 aliphatic heterocycles. The van der Waals surface area contributed by atoms with Gasteiger partial charge in [0.1, 0.15) is 5.54 Å². The van der Waals surface area contributed by atoms with Crippen molar-refractivity contribution in [1.82, 2.24) is 9.88 Å². The number of esters is 1. The van der Waals surface area contributed by atoms with Gasteiger partial charge in [0.2, 0.25) is 0 Å². The Kier molecular flexibility index (Phi) is 6.53. The lowest BCUT2D eigenvalue weighted by atomic mass is 9.90. The van der Waals surface area contributed by atoms with Crippen molar-refractivity contribution in [3.63, 3.8) is 0 Å². The van der Waals surface area contributed by atoms with Crippen LogP contribution >= 0.6 is 0 Å². The van der Waals surface area contributed by atoms with Gasteiger partial charge in [0, 0.05) is 17.1 Å². The third-order valence-corrected chi connectivity index (χ3v) is 5.37. The fraction of sp³-hybridized carbons (Fsp3) is 0.435. The van der Waals surface area contributed by atoms with Gasteiger partial charge in [-0.15, -0.1) is 0 Å². The average molecular weight is 396 g/mol. The van der Waals surface area contributed by atoms with E-state index in [-0.39, 0.29) is 5.92 Å². The maximum absolute atomic E-state index is 12.7. The Balaban J connectivity index is 2.19. The van der Waals surface area contributed by atoms with Crippen LogP contribution in [0, 0.1) is 38.0 Å². The Morgan fingerprint density at radius 1 is 1.14 bits per heavy atom. The first-order valence-corrected chi connectivity index (χ1v) is 9.70. The molecule has 1 heterocycles. The topological polar surface area (TPSA) is 84.1 Å². The van der Waals surface area contributed by atoms with Crippen LogP contribution in [0.2, 0.25) is 0 Å². The van der Waals surface area contributed by atoms with Crippen molar-refractivity contribution in [1.29, 1.82) is 5.26 Å². The predicted molar refractivity (Wildman–Crippen MR) is 112 cm³/mol. The molecule has 6 heteroatoms. The van der Waals surface area contributed by atoms with Gasteiger partial charge in [-0.25, -0.2) is 4.79 Å². The number of nitriles is 1. The third kappa shape index (κ3) is 4.68. The van der Waals surface area contributed by atoms with Crippen LogP contribution in [0.15, 0.2) is 30.3 Å². The Labute approximate surface area is 172 Å². The van der Waals surface area contributed by atoms with Crippen molar-refractivity contribution >= 4 is 11.9 Å². The molecule has 0 aliphatic carbocycles. The molecule has 1 N–H and O–H groups in total. The summed E-state index contributed by atoms with van der Waals surface area (Å²) in [5.74, 6) is -1.15. The molecule has 0 saturated heterocycles. The normalized spacial score (nSPS) is 14.0. The molecular weight excluding hydrogens is 366 g/mol. The zero-order valence-electron chi connectivity index (χ0n) is 18.2. The molecule has 2 aromatic rings. The van der Waals surface area contributed by atoms with Crippen LogP contribution in [-0.2, 0) is 9.53 Å². The van der Waals surface area contributed by atoms with Crippen molar-refractivity contribution in [2.24, 2.45) is 5.92 Å². The minimum absolute atomic E-state index is 0.0900. The highest BCUT2D eigenvalue weighted by Gasteiger charge is 2.33. The van der Waals surface area contributed by atoms with E-state index in [1.165, 1.54) is 6.92 Å². The molecule has 1 aromatic carbocycles. The summed E-state index contributed by atoms with van der Waals surface area (Å²) in [6.45, 7) is 12.6. The SMILES string of the molecule is Cc1ccc(-n2c(C)cc(C(=O)OC(C)C(=O)NC(C)(C#N)C(C)C)c2C)cc1. The largest absolute Gasteiger partial charge is 0.449 e. The van der Waals surface area contributed by atoms with E-state index < -0.39 is 23.5 Å². The van der Waals surface area contributed by atoms with E-state index in [4.69, 9.17) is 4.74 Å². The van der Waals surface area contributed by atoms with Crippen LogP contribution in [0.5, 0.6) is 0 Å². The van der Waals surface area contributed by atoms with Gasteiger partial charge in [-0.05, 0) is 58.7 Å². The molecule has 29 heavy (non-hydrogen) atoms. The highest BCUT2D eigenvalue weighted by atomic mass is 16.5. The summed E-state index contributed by atoms with van der Waals surface area (Å²) >= 11 is 0. The maximum Gasteiger partial charge on any atom is 0.340 e. The molecule has 2 unspecified atom stereocenters. The van der Waals surface area contributed by atoms with Crippen LogP contribution in [0.3, 0.4) is 0 Å². The minimum atomic E-state index is -1.03. The summed E-state index contributed by atoms with van der Waals surface area (Å²) in [5, 5.41) is 12.0. The molecule has 0 saturated carbocycles. The number of aryl methyl sites for hydroxylation is 2. The highest BCUT2D eigenvalue weighted by molar-refractivity contribution is 5.94. The molecule has 0 aliphatic rings. The summed E-state index contributed by atoms with van der Waals surface area (Å²) in [5.41, 5.74) is 3.13. The molecule has 1 aromatic heterocycles. The fourth-order valence-corrected chi connectivity index (χ4v) is 3.00. The number of benzene rings is 1. The number of carbonyl (C=O) groups excluding carboxylic acids is 2. The van der Waals surface area contributed by atoms with Gasteiger partial charge in [0.25, 0.3) is 5.91 Å². The van der Waals surface area contributed by atoms with Crippen molar-refractivity contribution in [2.75, 3.05) is 0 Å². The quantitative estimate of drug-likeness (QED) is 0.749. The molecule has 1 amide bonds. The van der Waals surface area contributed by atoms with Gasteiger partial charge in [0.15, 0.2) is 6.10 Å². The van der Waals surface area contributed by atoms with Crippen molar-refractivity contribution < 1.29 is 14.3 Å². The molecule has 2 atom stereocenters. The van der Waals surface area contributed by atoms with E-state index in [9.17, 15) is 14.9 Å². The smallest absolute Gasteiger partial charge is 0.340 e. The van der Waals surface area contributed by atoms with E-state index in [0.717, 1.165) is 22.6 Å². The Morgan fingerprint density at radius 3 is 2.24 bits per heavy atom. The van der Waals surface area contributed by atoms with Crippen LogP contribution in [0.1, 0.15) is 55.0 Å². The summed E-state index contributed by atoms with van der Waals surface area (Å²) in [7, 11) is 0. The molecule has 0 bridgehead atoms. The van der Waals surface area contributed by atoms with Gasteiger partial charge in [-0.1, -0.05) is 31.5 Å². The number of aromatic nitrogens is 1. The number of rotatable bonds is 6. The van der Waals surface area contributed by atoms with Crippen LogP contribution in [0.4, 0.5) is 0 Å². The number of carbonyl (C=O) groups is 2. The predicted octanol–water partition coefficient (Wildman–Crippen LogP) is 4.00. The monoisotopic (exact) mass is 395 g/mol. The lowest BCUT2D eigenvalue weighted by molar-refractivity contribution is -0.130. The molecule has 0 fully saturated rings. The van der Waals surface area contributed by atoms with E-state index in [1.807, 2.05) is 63.5 Å². The second-order valence-corrected chi connectivity index (χ2v) is 7.96. The minimum Gasteiger partial charge on any atom is -0.449 e.